The molecule has 1 aromatic rings. The Morgan fingerprint density at radius 1 is 1.35 bits per heavy atom. The number of carbonyl (C=O) groups is 1. The molecule has 3 saturated heterocycles. The van der Waals surface area contributed by atoms with Crippen LogP contribution in [0, 0.1) is 11.3 Å². The van der Waals surface area contributed by atoms with Gasteiger partial charge in [0, 0.05) is 50.2 Å². The van der Waals surface area contributed by atoms with Gasteiger partial charge in [-0.2, -0.15) is 0 Å². The van der Waals surface area contributed by atoms with Crippen LogP contribution in [0.3, 0.4) is 0 Å². The van der Waals surface area contributed by atoms with E-state index in [9.17, 15) is 4.79 Å². The maximum absolute atomic E-state index is 12.2. The summed E-state index contributed by atoms with van der Waals surface area (Å²) in [4.78, 5) is 14.7. The molecule has 4 rings (SSSR count). The van der Waals surface area contributed by atoms with Gasteiger partial charge in [0.1, 0.15) is 0 Å². The number of ether oxygens (including phenoxy) is 2. The second-order valence-corrected chi connectivity index (χ2v) is 7.01. The van der Waals surface area contributed by atoms with E-state index in [1.54, 1.807) is 12.1 Å². The number of carbonyl (C=O) groups excluding carboxylic acids is 1. The molecule has 0 aliphatic carbocycles. The second kappa shape index (κ2) is 6.26. The van der Waals surface area contributed by atoms with E-state index in [2.05, 4.69) is 10.2 Å². The summed E-state index contributed by atoms with van der Waals surface area (Å²) in [7, 11) is 0. The average molecular weight is 320 g/mol. The van der Waals surface area contributed by atoms with E-state index >= 15 is 0 Å². The maximum Gasteiger partial charge on any atom is 0.286 e. The number of nitrogens with zero attached hydrogens (tertiary/aromatic N) is 1. The minimum Gasteiger partial charge on any atom is -0.459 e. The zero-order valence-electron chi connectivity index (χ0n) is 13.3. The van der Waals surface area contributed by atoms with E-state index in [1.165, 1.54) is 6.26 Å². The van der Waals surface area contributed by atoms with Crippen molar-refractivity contribution in [2.45, 2.75) is 18.9 Å². The summed E-state index contributed by atoms with van der Waals surface area (Å²) in [6.45, 7) is 5.99. The molecule has 0 aromatic carbocycles. The van der Waals surface area contributed by atoms with Gasteiger partial charge in [0.25, 0.3) is 5.91 Å². The lowest BCUT2D eigenvalue weighted by atomic mass is 9.81. The van der Waals surface area contributed by atoms with Crippen LogP contribution >= 0.6 is 0 Å². The Morgan fingerprint density at radius 2 is 2.22 bits per heavy atom. The Morgan fingerprint density at radius 3 is 3.00 bits per heavy atom. The standard InChI is InChI=1S/C17H24N2O4/c20-16(15-2-1-5-23-15)18-10-17-11-19(8-13(17)9-22-12-17)14-3-6-21-7-4-14/h1-2,5,13-14H,3-4,6-12H2,(H,18,20)/t13-,17+/m1/s1. The quantitative estimate of drug-likeness (QED) is 0.901. The first kappa shape index (κ1) is 15.2. The van der Waals surface area contributed by atoms with Crippen LogP contribution in [0.1, 0.15) is 23.4 Å². The largest absolute Gasteiger partial charge is 0.459 e. The van der Waals surface area contributed by atoms with Crippen LogP contribution in [0.25, 0.3) is 0 Å². The van der Waals surface area contributed by atoms with Crippen LogP contribution in [0.2, 0.25) is 0 Å². The van der Waals surface area contributed by atoms with E-state index in [-0.39, 0.29) is 11.3 Å². The Hall–Kier alpha value is -1.37. The van der Waals surface area contributed by atoms with Crippen molar-refractivity contribution in [2.24, 2.45) is 11.3 Å². The summed E-state index contributed by atoms with van der Waals surface area (Å²) in [6, 6.07) is 4.04. The van der Waals surface area contributed by atoms with Gasteiger partial charge in [-0.15, -0.1) is 0 Å². The predicted octanol–water partition coefficient (Wildman–Crippen LogP) is 1.14. The Balaban J connectivity index is 1.40. The second-order valence-electron chi connectivity index (χ2n) is 7.01. The minimum absolute atomic E-state index is 0.0422. The summed E-state index contributed by atoms with van der Waals surface area (Å²) >= 11 is 0. The molecule has 0 radical (unpaired) electrons. The SMILES string of the molecule is O=C(NC[C@]12COC[C@H]1CN(C1CCOCC1)C2)c1ccco1. The molecule has 1 aromatic heterocycles. The first-order chi connectivity index (χ1) is 11.3. The fraction of sp³-hybridized carbons (Fsp3) is 0.706. The van der Waals surface area contributed by atoms with E-state index in [1.807, 2.05) is 0 Å². The highest BCUT2D eigenvalue weighted by Gasteiger charge is 2.51. The number of rotatable bonds is 4. The average Bonchev–Trinajstić information content (AvgIpc) is 3.29. The summed E-state index contributed by atoms with van der Waals surface area (Å²) < 4.78 is 16.4. The van der Waals surface area contributed by atoms with Gasteiger partial charge in [-0.05, 0) is 25.0 Å². The lowest BCUT2D eigenvalue weighted by Crippen LogP contribution is -2.44. The molecule has 0 saturated carbocycles. The number of amides is 1. The third kappa shape index (κ3) is 2.91. The van der Waals surface area contributed by atoms with E-state index in [4.69, 9.17) is 13.9 Å². The van der Waals surface area contributed by atoms with Crippen molar-refractivity contribution in [3.8, 4) is 0 Å². The molecule has 0 unspecified atom stereocenters. The highest BCUT2D eigenvalue weighted by molar-refractivity contribution is 5.91. The van der Waals surface area contributed by atoms with E-state index in [0.717, 1.165) is 52.4 Å². The molecule has 1 N–H and O–H groups in total. The monoisotopic (exact) mass is 320 g/mol. The van der Waals surface area contributed by atoms with Crippen molar-refractivity contribution in [3.63, 3.8) is 0 Å². The lowest BCUT2D eigenvalue weighted by molar-refractivity contribution is 0.0306. The van der Waals surface area contributed by atoms with Gasteiger partial charge < -0.3 is 19.2 Å². The van der Waals surface area contributed by atoms with Crippen LogP contribution in [-0.2, 0) is 9.47 Å². The van der Waals surface area contributed by atoms with Crippen molar-refractivity contribution in [1.29, 1.82) is 0 Å². The molecular formula is C17H24N2O4. The molecular weight excluding hydrogens is 296 g/mol. The Labute approximate surface area is 136 Å². The normalized spacial score (nSPS) is 32.1. The first-order valence-corrected chi connectivity index (χ1v) is 8.48. The molecule has 6 nitrogen and oxygen atoms in total. The van der Waals surface area contributed by atoms with E-state index in [0.29, 0.717) is 24.3 Å². The third-order valence-electron chi connectivity index (χ3n) is 5.60. The topological polar surface area (TPSA) is 63.9 Å². The summed E-state index contributed by atoms with van der Waals surface area (Å²) in [6.07, 6.45) is 3.75. The van der Waals surface area contributed by atoms with Crippen molar-refractivity contribution < 1.29 is 18.7 Å². The molecule has 3 aliphatic rings. The molecule has 3 fully saturated rings. The number of nitrogens with one attached hydrogen (secondary N) is 1. The maximum atomic E-state index is 12.2. The Bertz CT molecular complexity index is 541. The van der Waals surface area contributed by atoms with Gasteiger partial charge in [0.05, 0.1) is 19.5 Å². The van der Waals surface area contributed by atoms with Crippen LogP contribution in [0.15, 0.2) is 22.8 Å². The zero-order valence-corrected chi connectivity index (χ0v) is 13.3. The van der Waals surface area contributed by atoms with Crippen molar-refractivity contribution >= 4 is 5.91 Å². The van der Waals surface area contributed by atoms with Gasteiger partial charge in [-0.25, -0.2) is 0 Å². The van der Waals surface area contributed by atoms with Gasteiger partial charge in [-0.3, -0.25) is 9.69 Å². The summed E-state index contributed by atoms with van der Waals surface area (Å²) in [5.41, 5.74) is 0.0422. The van der Waals surface area contributed by atoms with Gasteiger partial charge >= 0.3 is 0 Å². The lowest BCUT2D eigenvalue weighted by Gasteiger charge is -2.33. The smallest absolute Gasteiger partial charge is 0.286 e. The molecule has 0 bridgehead atoms. The summed E-state index contributed by atoms with van der Waals surface area (Å²) in [5.74, 6) is 0.734. The Kier molecular flexibility index (Phi) is 4.13. The molecule has 1 amide bonds. The van der Waals surface area contributed by atoms with Crippen molar-refractivity contribution in [2.75, 3.05) is 46.1 Å². The number of fused-ring (bicyclic) bond motifs is 1. The van der Waals surface area contributed by atoms with Crippen molar-refractivity contribution in [1.82, 2.24) is 10.2 Å². The van der Waals surface area contributed by atoms with Gasteiger partial charge in [-0.1, -0.05) is 0 Å². The van der Waals surface area contributed by atoms with Crippen LogP contribution in [0.4, 0.5) is 0 Å². The fourth-order valence-corrected chi connectivity index (χ4v) is 4.20. The molecule has 2 atom stereocenters. The molecule has 0 spiro atoms. The number of likely N-dealkylation sites (tertiary alicyclic amines) is 1. The predicted molar refractivity (Wildman–Crippen MR) is 83.2 cm³/mol. The van der Waals surface area contributed by atoms with E-state index < -0.39 is 0 Å². The van der Waals surface area contributed by atoms with Gasteiger partial charge in [0.2, 0.25) is 0 Å². The number of hydrogen-bond donors (Lipinski definition) is 1. The van der Waals surface area contributed by atoms with Crippen molar-refractivity contribution in [3.05, 3.63) is 24.2 Å². The molecule has 126 valence electrons. The molecule has 4 heterocycles. The minimum atomic E-state index is -0.139. The van der Waals surface area contributed by atoms with Crippen LogP contribution in [-0.4, -0.2) is 62.9 Å². The summed E-state index contributed by atoms with van der Waals surface area (Å²) in [5, 5.41) is 3.05. The van der Waals surface area contributed by atoms with Crippen LogP contribution in [0.5, 0.6) is 0 Å². The molecule has 3 aliphatic heterocycles. The third-order valence-corrected chi connectivity index (χ3v) is 5.60. The highest BCUT2D eigenvalue weighted by Crippen LogP contribution is 2.42. The fourth-order valence-electron chi connectivity index (χ4n) is 4.20. The number of hydrogen-bond acceptors (Lipinski definition) is 5. The zero-order chi connectivity index (χ0) is 15.7. The van der Waals surface area contributed by atoms with Crippen LogP contribution < -0.4 is 5.32 Å². The molecule has 6 heteroatoms. The number of furan rings is 1. The first-order valence-electron chi connectivity index (χ1n) is 8.48. The highest BCUT2D eigenvalue weighted by atomic mass is 16.5. The van der Waals surface area contributed by atoms with Gasteiger partial charge in [0.15, 0.2) is 5.76 Å². The molecule has 23 heavy (non-hydrogen) atoms.